The molecule has 0 amide bonds. The van der Waals surface area contributed by atoms with Crippen LogP contribution in [0.15, 0.2) is 53.0 Å². The van der Waals surface area contributed by atoms with Crippen LogP contribution in [-0.4, -0.2) is 0 Å². The molecule has 1 atom stereocenters. The first kappa shape index (κ1) is 12.0. The maximum Gasteiger partial charge on any atom is 0.121 e. The molecule has 17 heavy (non-hydrogen) atoms. The monoisotopic (exact) mass is 291 g/mol. The molecular formula is C14H14BrNO. The van der Waals surface area contributed by atoms with Gasteiger partial charge in [0.05, 0.1) is 0 Å². The molecule has 0 radical (unpaired) electrons. The van der Waals surface area contributed by atoms with Crippen molar-refractivity contribution < 1.29 is 4.74 Å². The third kappa shape index (κ3) is 3.24. The first-order chi connectivity index (χ1) is 8.15. The fraction of sp³-hybridized carbons (Fsp3) is 0.143. The molecule has 0 saturated heterocycles. The second-order valence-electron chi connectivity index (χ2n) is 3.88. The zero-order valence-corrected chi connectivity index (χ0v) is 11.1. The van der Waals surface area contributed by atoms with Crippen LogP contribution in [0, 0.1) is 0 Å². The summed E-state index contributed by atoms with van der Waals surface area (Å²) in [5.41, 5.74) is 7.58. The summed E-state index contributed by atoms with van der Waals surface area (Å²) < 4.78 is 6.88. The van der Waals surface area contributed by atoms with Crippen molar-refractivity contribution in [2.45, 2.75) is 13.0 Å². The molecule has 2 nitrogen and oxygen atoms in total. The minimum absolute atomic E-state index is 0.0142. The van der Waals surface area contributed by atoms with Crippen LogP contribution in [0.25, 0.3) is 0 Å². The van der Waals surface area contributed by atoms with Crippen LogP contribution in [0.5, 0.6) is 5.75 Å². The normalized spacial score (nSPS) is 12.1. The number of rotatable bonds is 3. The fourth-order valence-electron chi connectivity index (χ4n) is 1.60. The lowest BCUT2D eigenvalue weighted by Crippen LogP contribution is -2.03. The van der Waals surface area contributed by atoms with Gasteiger partial charge in [-0.05, 0) is 48.9 Å². The molecule has 2 N–H and O–H groups in total. The Balaban J connectivity index is 2.11. The van der Waals surface area contributed by atoms with Crippen molar-refractivity contribution in [1.82, 2.24) is 0 Å². The highest BCUT2D eigenvalue weighted by Gasteiger charge is 2.07. The van der Waals surface area contributed by atoms with Crippen molar-refractivity contribution in [2.75, 3.05) is 5.73 Å². The molecule has 0 spiro atoms. The van der Waals surface area contributed by atoms with Gasteiger partial charge in [-0.3, -0.25) is 0 Å². The molecule has 2 aromatic rings. The molecule has 2 aromatic carbocycles. The van der Waals surface area contributed by atoms with Gasteiger partial charge in [-0.15, -0.1) is 0 Å². The van der Waals surface area contributed by atoms with Gasteiger partial charge in [-0.25, -0.2) is 0 Å². The van der Waals surface area contributed by atoms with E-state index in [0.29, 0.717) is 0 Å². The summed E-state index contributed by atoms with van der Waals surface area (Å²) in [6.45, 7) is 2.01. The van der Waals surface area contributed by atoms with E-state index in [-0.39, 0.29) is 6.10 Å². The van der Waals surface area contributed by atoms with Gasteiger partial charge in [0, 0.05) is 10.2 Å². The molecule has 2 rings (SSSR count). The average molecular weight is 292 g/mol. The van der Waals surface area contributed by atoms with Gasteiger partial charge in [-0.2, -0.15) is 0 Å². The van der Waals surface area contributed by atoms with Crippen molar-refractivity contribution in [2.24, 2.45) is 0 Å². The summed E-state index contributed by atoms with van der Waals surface area (Å²) in [6.07, 6.45) is -0.0142. The number of hydrogen-bond acceptors (Lipinski definition) is 2. The van der Waals surface area contributed by atoms with Crippen molar-refractivity contribution in [3.8, 4) is 5.75 Å². The lowest BCUT2D eigenvalue weighted by molar-refractivity contribution is 0.227. The van der Waals surface area contributed by atoms with Gasteiger partial charge in [-0.1, -0.05) is 28.1 Å². The predicted octanol–water partition coefficient (Wildman–Crippen LogP) is 4.17. The molecule has 0 saturated carbocycles. The van der Waals surface area contributed by atoms with E-state index in [1.807, 2.05) is 55.5 Å². The minimum atomic E-state index is -0.0142. The largest absolute Gasteiger partial charge is 0.486 e. The Kier molecular flexibility index (Phi) is 3.69. The summed E-state index contributed by atoms with van der Waals surface area (Å²) in [6, 6.07) is 15.5. The molecule has 0 bridgehead atoms. The van der Waals surface area contributed by atoms with Gasteiger partial charge in [0.2, 0.25) is 0 Å². The quantitative estimate of drug-likeness (QED) is 0.862. The molecule has 1 unspecified atom stereocenters. The number of halogens is 1. The van der Waals surface area contributed by atoms with Crippen LogP contribution in [0.4, 0.5) is 5.69 Å². The maximum absolute atomic E-state index is 5.83. The third-order valence-electron chi connectivity index (χ3n) is 2.51. The number of nitrogens with two attached hydrogens (primary N) is 1. The van der Waals surface area contributed by atoms with Crippen LogP contribution in [0.3, 0.4) is 0 Å². The number of nitrogen functional groups attached to an aromatic ring is 1. The number of benzene rings is 2. The molecule has 0 aliphatic carbocycles. The number of ether oxygens (including phenoxy) is 1. The van der Waals surface area contributed by atoms with Crippen LogP contribution < -0.4 is 10.5 Å². The number of hydrogen-bond donors (Lipinski definition) is 1. The predicted molar refractivity (Wildman–Crippen MR) is 74.0 cm³/mol. The van der Waals surface area contributed by atoms with Gasteiger partial charge in [0.15, 0.2) is 0 Å². The first-order valence-electron chi connectivity index (χ1n) is 5.43. The second-order valence-corrected chi connectivity index (χ2v) is 4.80. The molecule has 0 aliphatic heterocycles. The van der Waals surface area contributed by atoms with E-state index in [1.165, 1.54) is 0 Å². The lowest BCUT2D eigenvalue weighted by atomic mass is 10.1. The Morgan fingerprint density at radius 2 is 1.82 bits per heavy atom. The molecule has 0 fully saturated rings. The molecular weight excluding hydrogens is 278 g/mol. The Morgan fingerprint density at radius 3 is 2.47 bits per heavy atom. The number of anilines is 1. The lowest BCUT2D eigenvalue weighted by Gasteiger charge is -2.15. The SMILES string of the molecule is CC(Oc1ccc(Br)cc1)c1cccc(N)c1. The van der Waals surface area contributed by atoms with Crippen LogP contribution >= 0.6 is 15.9 Å². The molecule has 0 heterocycles. The van der Waals surface area contributed by atoms with Crippen LogP contribution in [0.1, 0.15) is 18.6 Å². The third-order valence-corrected chi connectivity index (χ3v) is 3.04. The maximum atomic E-state index is 5.83. The van der Waals surface area contributed by atoms with E-state index in [0.717, 1.165) is 21.5 Å². The Labute approximate surface area is 110 Å². The van der Waals surface area contributed by atoms with E-state index in [2.05, 4.69) is 15.9 Å². The second kappa shape index (κ2) is 5.23. The molecule has 88 valence electrons. The van der Waals surface area contributed by atoms with E-state index >= 15 is 0 Å². The molecule has 3 heteroatoms. The highest BCUT2D eigenvalue weighted by atomic mass is 79.9. The van der Waals surface area contributed by atoms with Crippen LogP contribution in [0.2, 0.25) is 0 Å². The smallest absolute Gasteiger partial charge is 0.121 e. The Morgan fingerprint density at radius 1 is 1.12 bits per heavy atom. The van der Waals surface area contributed by atoms with Gasteiger partial charge < -0.3 is 10.5 Å². The van der Waals surface area contributed by atoms with Crippen LogP contribution in [-0.2, 0) is 0 Å². The molecule has 0 aromatic heterocycles. The first-order valence-corrected chi connectivity index (χ1v) is 6.22. The van der Waals surface area contributed by atoms with E-state index in [1.54, 1.807) is 0 Å². The zero-order valence-electron chi connectivity index (χ0n) is 9.56. The summed E-state index contributed by atoms with van der Waals surface area (Å²) >= 11 is 3.39. The Hall–Kier alpha value is -1.48. The summed E-state index contributed by atoms with van der Waals surface area (Å²) in [4.78, 5) is 0. The standard InChI is InChI=1S/C14H14BrNO/c1-10(11-3-2-4-13(16)9-11)17-14-7-5-12(15)6-8-14/h2-10H,16H2,1H3. The average Bonchev–Trinajstić information content (AvgIpc) is 2.32. The topological polar surface area (TPSA) is 35.2 Å². The van der Waals surface area contributed by atoms with Crippen molar-refractivity contribution >= 4 is 21.6 Å². The highest BCUT2D eigenvalue weighted by Crippen LogP contribution is 2.24. The molecule has 0 aliphatic rings. The summed E-state index contributed by atoms with van der Waals surface area (Å²) in [7, 11) is 0. The fourth-order valence-corrected chi connectivity index (χ4v) is 1.86. The van der Waals surface area contributed by atoms with Crippen molar-refractivity contribution in [3.63, 3.8) is 0 Å². The minimum Gasteiger partial charge on any atom is -0.486 e. The van der Waals surface area contributed by atoms with Gasteiger partial charge >= 0.3 is 0 Å². The van der Waals surface area contributed by atoms with E-state index in [4.69, 9.17) is 10.5 Å². The van der Waals surface area contributed by atoms with Gasteiger partial charge in [0.1, 0.15) is 11.9 Å². The Bertz CT molecular complexity index is 496. The highest BCUT2D eigenvalue weighted by molar-refractivity contribution is 9.10. The zero-order chi connectivity index (χ0) is 12.3. The van der Waals surface area contributed by atoms with Crippen molar-refractivity contribution in [1.29, 1.82) is 0 Å². The van der Waals surface area contributed by atoms with E-state index < -0.39 is 0 Å². The van der Waals surface area contributed by atoms with Gasteiger partial charge in [0.25, 0.3) is 0 Å². The van der Waals surface area contributed by atoms with E-state index in [9.17, 15) is 0 Å². The summed E-state index contributed by atoms with van der Waals surface area (Å²) in [5, 5.41) is 0. The summed E-state index contributed by atoms with van der Waals surface area (Å²) in [5.74, 6) is 0.850. The van der Waals surface area contributed by atoms with Crippen molar-refractivity contribution in [3.05, 3.63) is 58.6 Å².